The van der Waals surface area contributed by atoms with Crippen LogP contribution in [0.2, 0.25) is 0 Å². The van der Waals surface area contributed by atoms with Gasteiger partial charge in [-0.05, 0) is 37.0 Å². The Morgan fingerprint density at radius 1 is 0.917 bits per heavy atom. The molecule has 0 amide bonds. The zero-order chi connectivity index (χ0) is 18.2. The highest BCUT2D eigenvalue weighted by Gasteiger charge is 2.37. The first-order valence-electron chi connectivity index (χ1n) is 9.15. The lowest BCUT2D eigenvalue weighted by molar-refractivity contribution is -0.0426. The summed E-state index contributed by atoms with van der Waals surface area (Å²) in [7, 11) is 1.65. The van der Waals surface area contributed by atoms with E-state index >= 15 is 0 Å². The topological polar surface area (TPSA) is 9.23 Å². The van der Waals surface area contributed by atoms with Crippen LogP contribution in [0.25, 0.3) is 0 Å². The molecule has 1 rings (SSSR count). The zero-order valence-electron chi connectivity index (χ0n) is 15.4. The van der Waals surface area contributed by atoms with Crippen molar-refractivity contribution in [2.45, 2.75) is 83.7 Å². The van der Waals surface area contributed by atoms with Gasteiger partial charge in [0.1, 0.15) is 0 Å². The maximum atomic E-state index is 13.7. The molecule has 1 aromatic rings. The second kappa shape index (κ2) is 10.1. The predicted molar refractivity (Wildman–Crippen MR) is 92.8 cm³/mol. The van der Waals surface area contributed by atoms with Crippen LogP contribution in [0.4, 0.5) is 13.2 Å². The molecule has 0 spiro atoms. The second-order valence-electron chi connectivity index (χ2n) is 6.53. The van der Waals surface area contributed by atoms with Crippen LogP contribution in [0.3, 0.4) is 0 Å². The maximum absolute atomic E-state index is 13.7. The molecule has 1 aromatic carbocycles. The lowest BCUT2D eigenvalue weighted by atomic mass is 9.75. The molecule has 1 atom stereocenters. The summed E-state index contributed by atoms with van der Waals surface area (Å²) in [6.07, 6.45) is 7.84. The van der Waals surface area contributed by atoms with Gasteiger partial charge in [-0.2, -0.15) is 0 Å². The fourth-order valence-electron chi connectivity index (χ4n) is 3.64. The molecule has 0 heterocycles. The molecule has 0 saturated heterocycles. The average Bonchev–Trinajstić information content (AvgIpc) is 2.59. The van der Waals surface area contributed by atoms with E-state index in [0.29, 0.717) is 5.56 Å². The number of hydrogen-bond donors (Lipinski definition) is 0. The molecule has 138 valence electrons. The van der Waals surface area contributed by atoms with Crippen molar-refractivity contribution in [3.8, 4) is 0 Å². The molecule has 4 heteroatoms. The number of rotatable bonds is 11. The van der Waals surface area contributed by atoms with Gasteiger partial charge in [0.25, 0.3) is 0 Å². The Kier molecular flexibility index (Phi) is 8.82. The normalized spacial score (nSPS) is 13.3. The van der Waals surface area contributed by atoms with Crippen molar-refractivity contribution in [1.29, 1.82) is 0 Å². The first-order chi connectivity index (χ1) is 11.5. The van der Waals surface area contributed by atoms with Crippen LogP contribution in [0, 0.1) is 17.5 Å². The van der Waals surface area contributed by atoms with E-state index in [1.807, 2.05) is 13.8 Å². The summed E-state index contributed by atoms with van der Waals surface area (Å²) in [6.45, 7) is 6.21. The monoisotopic (exact) mass is 344 g/mol. The summed E-state index contributed by atoms with van der Waals surface area (Å²) in [5.41, 5.74) is 0.00834. The van der Waals surface area contributed by atoms with E-state index in [1.165, 1.54) is 12.8 Å². The van der Waals surface area contributed by atoms with E-state index in [-0.39, 0.29) is 5.92 Å². The molecular weight excluding hydrogens is 313 g/mol. The number of benzene rings is 1. The first-order valence-corrected chi connectivity index (χ1v) is 9.15. The molecule has 24 heavy (non-hydrogen) atoms. The van der Waals surface area contributed by atoms with Gasteiger partial charge in [0.2, 0.25) is 0 Å². The molecule has 0 bridgehead atoms. The smallest absolute Gasteiger partial charge is 0.194 e. The van der Waals surface area contributed by atoms with Crippen molar-refractivity contribution in [2.24, 2.45) is 0 Å². The number of hydrogen-bond acceptors (Lipinski definition) is 1. The fraction of sp³-hybridized carbons (Fsp3) is 0.700. The number of methoxy groups -OCH3 is 1. The number of unbranched alkanes of at least 4 members (excludes halogenated alkanes) is 4. The van der Waals surface area contributed by atoms with Gasteiger partial charge >= 0.3 is 0 Å². The van der Waals surface area contributed by atoms with Gasteiger partial charge in [0, 0.05) is 13.0 Å². The Balaban J connectivity index is 3.08. The summed E-state index contributed by atoms with van der Waals surface area (Å²) in [5.74, 6) is -3.81. The molecule has 0 aromatic heterocycles. The van der Waals surface area contributed by atoms with E-state index in [4.69, 9.17) is 4.74 Å². The third kappa shape index (κ3) is 4.98. The van der Waals surface area contributed by atoms with Crippen LogP contribution in [0.1, 0.15) is 83.6 Å². The average molecular weight is 344 g/mol. The molecule has 0 aliphatic heterocycles. The van der Waals surface area contributed by atoms with Crippen LogP contribution in [-0.4, -0.2) is 12.7 Å². The quantitative estimate of drug-likeness (QED) is 0.318. The van der Waals surface area contributed by atoms with Crippen LogP contribution < -0.4 is 0 Å². The summed E-state index contributed by atoms with van der Waals surface area (Å²) in [5, 5.41) is 0. The Bertz CT molecular complexity index is 466. The molecule has 0 saturated carbocycles. The van der Waals surface area contributed by atoms with E-state index in [2.05, 4.69) is 6.92 Å². The highest BCUT2D eigenvalue weighted by Crippen LogP contribution is 2.41. The van der Waals surface area contributed by atoms with Gasteiger partial charge < -0.3 is 4.74 Å². The third-order valence-corrected chi connectivity index (χ3v) is 5.24. The van der Waals surface area contributed by atoms with Crippen LogP contribution in [0.5, 0.6) is 0 Å². The fourth-order valence-corrected chi connectivity index (χ4v) is 3.64. The van der Waals surface area contributed by atoms with Gasteiger partial charge in [0.05, 0.1) is 5.60 Å². The minimum absolute atomic E-state index is 0.149. The second-order valence-corrected chi connectivity index (χ2v) is 6.53. The molecule has 0 aliphatic carbocycles. The molecule has 0 radical (unpaired) electrons. The SMILES string of the molecule is CCCCCCCC(c1cc(F)c(F)c(F)c1)C(CC)(CC)OC. The highest BCUT2D eigenvalue weighted by molar-refractivity contribution is 5.26. The summed E-state index contributed by atoms with van der Waals surface area (Å²) < 4.78 is 46.6. The van der Waals surface area contributed by atoms with Crippen molar-refractivity contribution in [3.63, 3.8) is 0 Å². The number of halogens is 3. The molecule has 0 aliphatic rings. The lowest BCUT2D eigenvalue weighted by Crippen LogP contribution is -2.37. The summed E-state index contributed by atoms with van der Waals surface area (Å²) >= 11 is 0. The summed E-state index contributed by atoms with van der Waals surface area (Å²) in [6, 6.07) is 2.27. The van der Waals surface area contributed by atoms with E-state index < -0.39 is 23.1 Å². The van der Waals surface area contributed by atoms with E-state index in [0.717, 1.165) is 50.7 Å². The molecule has 0 fully saturated rings. The van der Waals surface area contributed by atoms with Crippen LogP contribution in [-0.2, 0) is 4.74 Å². The van der Waals surface area contributed by atoms with Crippen molar-refractivity contribution < 1.29 is 17.9 Å². The van der Waals surface area contributed by atoms with Crippen molar-refractivity contribution in [3.05, 3.63) is 35.1 Å². The lowest BCUT2D eigenvalue weighted by Gasteiger charge is -2.39. The zero-order valence-corrected chi connectivity index (χ0v) is 15.4. The van der Waals surface area contributed by atoms with Crippen molar-refractivity contribution in [2.75, 3.05) is 7.11 Å². The maximum Gasteiger partial charge on any atom is 0.194 e. The Morgan fingerprint density at radius 2 is 1.46 bits per heavy atom. The van der Waals surface area contributed by atoms with Gasteiger partial charge in [-0.3, -0.25) is 0 Å². The van der Waals surface area contributed by atoms with Gasteiger partial charge in [0.15, 0.2) is 17.5 Å². The Morgan fingerprint density at radius 3 is 1.92 bits per heavy atom. The van der Waals surface area contributed by atoms with Crippen LogP contribution in [0.15, 0.2) is 12.1 Å². The Labute approximate surface area is 144 Å². The van der Waals surface area contributed by atoms with Gasteiger partial charge in [-0.1, -0.05) is 52.9 Å². The van der Waals surface area contributed by atoms with Crippen molar-refractivity contribution in [1.82, 2.24) is 0 Å². The minimum atomic E-state index is -1.41. The minimum Gasteiger partial charge on any atom is -0.378 e. The first kappa shape index (κ1) is 21.0. The number of ether oxygens (including phenoxy) is 1. The standard InChI is InChI=1S/C20H31F3O/c1-5-8-9-10-11-12-16(20(6-2,7-3)24-4)15-13-17(21)19(23)18(22)14-15/h13-14,16H,5-12H2,1-4H3. The van der Waals surface area contributed by atoms with Gasteiger partial charge in [-0.15, -0.1) is 0 Å². The highest BCUT2D eigenvalue weighted by atomic mass is 19.2. The third-order valence-electron chi connectivity index (χ3n) is 5.24. The van der Waals surface area contributed by atoms with Gasteiger partial charge in [-0.25, -0.2) is 13.2 Å². The molecule has 1 unspecified atom stereocenters. The van der Waals surface area contributed by atoms with E-state index in [9.17, 15) is 13.2 Å². The van der Waals surface area contributed by atoms with Crippen molar-refractivity contribution >= 4 is 0 Å². The summed E-state index contributed by atoms with van der Waals surface area (Å²) in [4.78, 5) is 0. The predicted octanol–water partition coefficient (Wildman–Crippen LogP) is 6.75. The molecule has 0 N–H and O–H groups in total. The Hall–Kier alpha value is -1.03. The largest absolute Gasteiger partial charge is 0.378 e. The molecule has 1 nitrogen and oxygen atoms in total. The van der Waals surface area contributed by atoms with E-state index in [1.54, 1.807) is 7.11 Å². The molecular formula is C20H31F3O. The van der Waals surface area contributed by atoms with Crippen LogP contribution >= 0.6 is 0 Å².